The lowest BCUT2D eigenvalue weighted by Crippen LogP contribution is -2.31. The Morgan fingerprint density at radius 2 is 2.33 bits per heavy atom. The Morgan fingerprint density at radius 1 is 1.56 bits per heavy atom. The highest BCUT2D eigenvalue weighted by molar-refractivity contribution is 5.98. The van der Waals surface area contributed by atoms with E-state index in [4.69, 9.17) is 15.7 Å². The van der Waals surface area contributed by atoms with Crippen molar-refractivity contribution in [2.45, 2.75) is 19.4 Å². The fraction of sp³-hybridized carbons (Fsp3) is 0.462. The van der Waals surface area contributed by atoms with Crippen molar-refractivity contribution < 1.29 is 9.94 Å². The van der Waals surface area contributed by atoms with Crippen LogP contribution in [-0.4, -0.2) is 37.3 Å². The van der Waals surface area contributed by atoms with Crippen molar-refractivity contribution in [3.8, 4) is 0 Å². The molecule has 1 aromatic carbocycles. The molecule has 1 aromatic rings. The molecule has 1 atom stereocenters. The summed E-state index contributed by atoms with van der Waals surface area (Å²) in [6.07, 6.45) is 1.05. The molecule has 1 fully saturated rings. The van der Waals surface area contributed by atoms with Crippen LogP contribution in [-0.2, 0) is 4.74 Å². The number of aryl methyl sites for hydroxylation is 1. The molecule has 1 aliphatic rings. The fourth-order valence-corrected chi connectivity index (χ4v) is 2.25. The van der Waals surface area contributed by atoms with Crippen molar-refractivity contribution in [3.05, 3.63) is 29.3 Å². The van der Waals surface area contributed by atoms with Gasteiger partial charge in [-0.15, -0.1) is 0 Å². The molecule has 98 valence electrons. The Bertz CT molecular complexity index is 454. The molecule has 0 amide bonds. The molecule has 0 aromatic heterocycles. The third kappa shape index (κ3) is 2.41. The standard InChI is InChI=1S/C13H19N3O2/c1-9-7-10(3-4-12(9)13(14)15-17)16(2)11-5-6-18-8-11/h3-4,7,11,17H,5-6,8H2,1-2H3,(H2,14,15). The van der Waals surface area contributed by atoms with Gasteiger partial charge in [-0.2, -0.15) is 0 Å². The number of ether oxygens (including phenoxy) is 1. The van der Waals surface area contributed by atoms with E-state index in [1.165, 1.54) is 0 Å². The number of hydrogen-bond acceptors (Lipinski definition) is 4. The summed E-state index contributed by atoms with van der Waals surface area (Å²) in [6.45, 7) is 3.56. The van der Waals surface area contributed by atoms with Crippen molar-refractivity contribution in [1.29, 1.82) is 0 Å². The van der Waals surface area contributed by atoms with Gasteiger partial charge in [-0.25, -0.2) is 0 Å². The molecular formula is C13H19N3O2. The number of hydrogen-bond donors (Lipinski definition) is 2. The Hall–Kier alpha value is -1.75. The molecule has 5 heteroatoms. The highest BCUT2D eigenvalue weighted by Crippen LogP contribution is 2.22. The van der Waals surface area contributed by atoms with Gasteiger partial charge in [0.1, 0.15) is 0 Å². The number of nitrogens with zero attached hydrogens (tertiary/aromatic N) is 2. The SMILES string of the molecule is Cc1cc(N(C)C2CCOC2)ccc1/C(N)=N/O. The molecule has 5 nitrogen and oxygen atoms in total. The van der Waals surface area contributed by atoms with Gasteiger partial charge in [0.2, 0.25) is 0 Å². The van der Waals surface area contributed by atoms with Gasteiger partial charge >= 0.3 is 0 Å². The van der Waals surface area contributed by atoms with Crippen LogP contribution in [0, 0.1) is 6.92 Å². The molecule has 0 aliphatic carbocycles. The minimum atomic E-state index is 0.144. The Kier molecular flexibility index (Phi) is 3.72. The van der Waals surface area contributed by atoms with E-state index in [2.05, 4.69) is 17.1 Å². The second kappa shape index (κ2) is 5.27. The summed E-state index contributed by atoms with van der Waals surface area (Å²) in [5.74, 6) is 0.144. The first kappa shape index (κ1) is 12.7. The topological polar surface area (TPSA) is 71.1 Å². The third-order valence-electron chi connectivity index (χ3n) is 3.45. The minimum absolute atomic E-state index is 0.144. The molecule has 0 saturated carbocycles. The molecule has 1 unspecified atom stereocenters. The Morgan fingerprint density at radius 3 is 2.89 bits per heavy atom. The van der Waals surface area contributed by atoms with Crippen molar-refractivity contribution in [2.75, 3.05) is 25.2 Å². The molecule has 0 bridgehead atoms. The lowest BCUT2D eigenvalue weighted by atomic mass is 10.1. The van der Waals surface area contributed by atoms with Crippen molar-refractivity contribution in [1.82, 2.24) is 0 Å². The van der Waals surface area contributed by atoms with Crippen molar-refractivity contribution in [2.24, 2.45) is 10.9 Å². The van der Waals surface area contributed by atoms with Gasteiger partial charge in [0.15, 0.2) is 5.84 Å². The first-order valence-corrected chi connectivity index (χ1v) is 6.02. The van der Waals surface area contributed by atoms with Crippen molar-refractivity contribution in [3.63, 3.8) is 0 Å². The number of likely N-dealkylation sites (N-methyl/N-ethyl adjacent to an activating group) is 1. The van der Waals surface area contributed by atoms with E-state index in [9.17, 15) is 0 Å². The number of amidine groups is 1. The minimum Gasteiger partial charge on any atom is -0.409 e. The van der Waals surface area contributed by atoms with Gasteiger partial charge < -0.3 is 20.6 Å². The second-order valence-corrected chi connectivity index (χ2v) is 4.61. The zero-order valence-electron chi connectivity index (χ0n) is 10.8. The maximum atomic E-state index is 8.70. The molecule has 0 radical (unpaired) electrons. The van der Waals surface area contributed by atoms with Crippen LogP contribution in [0.15, 0.2) is 23.4 Å². The van der Waals surface area contributed by atoms with Crippen LogP contribution in [0.4, 0.5) is 5.69 Å². The lowest BCUT2D eigenvalue weighted by molar-refractivity contribution is 0.193. The number of anilines is 1. The summed E-state index contributed by atoms with van der Waals surface area (Å²) < 4.78 is 5.40. The van der Waals surface area contributed by atoms with Crippen LogP contribution in [0.5, 0.6) is 0 Å². The number of oxime groups is 1. The second-order valence-electron chi connectivity index (χ2n) is 4.61. The van der Waals surface area contributed by atoms with Gasteiger partial charge in [0.25, 0.3) is 0 Å². The molecule has 1 aliphatic heterocycles. The van der Waals surface area contributed by atoms with Gasteiger partial charge in [0.05, 0.1) is 12.6 Å². The molecule has 2 rings (SSSR count). The van der Waals surface area contributed by atoms with E-state index in [1.54, 1.807) is 0 Å². The van der Waals surface area contributed by atoms with Crippen LogP contribution >= 0.6 is 0 Å². The number of nitrogens with two attached hydrogens (primary N) is 1. The zero-order chi connectivity index (χ0) is 13.1. The fourth-order valence-electron chi connectivity index (χ4n) is 2.25. The third-order valence-corrected chi connectivity index (χ3v) is 3.45. The van der Waals surface area contributed by atoms with E-state index < -0.39 is 0 Å². The summed E-state index contributed by atoms with van der Waals surface area (Å²) in [4.78, 5) is 2.22. The van der Waals surface area contributed by atoms with Crippen LogP contribution < -0.4 is 10.6 Å². The summed E-state index contributed by atoms with van der Waals surface area (Å²) in [7, 11) is 2.07. The molecule has 1 saturated heterocycles. The smallest absolute Gasteiger partial charge is 0.170 e. The molecule has 18 heavy (non-hydrogen) atoms. The van der Waals surface area contributed by atoms with Gasteiger partial charge in [0, 0.05) is 24.9 Å². The zero-order valence-corrected chi connectivity index (χ0v) is 10.8. The summed E-state index contributed by atoms with van der Waals surface area (Å²) >= 11 is 0. The number of rotatable bonds is 3. The van der Waals surface area contributed by atoms with E-state index in [-0.39, 0.29) is 5.84 Å². The van der Waals surface area contributed by atoms with Crippen LogP contribution in [0.25, 0.3) is 0 Å². The highest BCUT2D eigenvalue weighted by atomic mass is 16.5. The van der Waals surface area contributed by atoms with Crippen LogP contribution in [0.1, 0.15) is 17.5 Å². The predicted octanol–water partition coefficient (Wildman–Crippen LogP) is 1.31. The van der Waals surface area contributed by atoms with Gasteiger partial charge in [-0.3, -0.25) is 0 Å². The van der Waals surface area contributed by atoms with Crippen LogP contribution in [0.2, 0.25) is 0 Å². The molecular weight excluding hydrogens is 230 g/mol. The van der Waals surface area contributed by atoms with E-state index in [1.807, 2.05) is 25.1 Å². The molecule has 1 heterocycles. The maximum Gasteiger partial charge on any atom is 0.170 e. The molecule has 3 N–H and O–H groups in total. The van der Waals surface area contributed by atoms with E-state index in [0.29, 0.717) is 6.04 Å². The monoisotopic (exact) mass is 249 g/mol. The quantitative estimate of drug-likeness (QED) is 0.367. The normalized spacial score (nSPS) is 20.1. The van der Waals surface area contributed by atoms with E-state index in [0.717, 1.165) is 36.4 Å². The first-order chi connectivity index (χ1) is 8.63. The summed E-state index contributed by atoms with van der Waals surface area (Å²) in [5, 5.41) is 11.7. The number of benzene rings is 1. The first-order valence-electron chi connectivity index (χ1n) is 6.02. The molecule has 0 spiro atoms. The van der Waals surface area contributed by atoms with E-state index >= 15 is 0 Å². The van der Waals surface area contributed by atoms with Gasteiger partial charge in [-0.05, 0) is 37.1 Å². The summed E-state index contributed by atoms with van der Waals surface area (Å²) in [5.41, 5.74) is 8.49. The Balaban J connectivity index is 2.22. The lowest BCUT2D eigenvalue weighted by Gasteiger charge is -2.26. The van der Waals surface area contributed by atoms with Gasteiger partial charge in [-0.1, -0.05) is 5.16 Å². The Labute approximate surface area is 107 Å². The largest absolute Gasteiger partial charge is 0.409 e. The highest BCUT2D eigenvalue weighted by Gasteiger charge is 2.20. The predicted molar refractivity (Wildman–Crippen MR) is 71.3 cm³/mol. The summed E-state index contributed by atoms with van der Waals surface area (Å²) in [6, 6.07) is 6.34. The average Bonchev–Trinajstić information content (AvgIpc) is 2.90. The average molecular weight is 249 g/mol. The maximum absolute atomic E-state index is 8.70. The van der Waals surface area contributed by atoms with Crippen LogP contribution in [0.3, 0.4) is 0 Å². The van der Waals surface area contributed by atoms with Crippen molar-refractivity contribution >= 4 is 11.5 Å².